The maximum atomic E-state index is 15.5. The molecule has 0 spiro atoms. The zero-order valence-electron chi connectivity index (χ0n) is 26.6. The Balaban J connectivity index is 1.45. The predicted molar refractivity (Wildman–Crippen MR) is 174 cm³/mol. The van der Waals surface area contributed by atoms with Gasteiger partial charge in [0.25, 0.3) is 5.91 Å². The molecule has 1 unspecified atom stereocenters. The molecule has 0 radical (unpaired) electrons. The van der Waals surface area contributed by atoms with E-state index < -0.39 is 34.6 Å². The summed E-state index contributed by atoms with van der Waals surface area (Å²) in [4.78, 5) is 32.2. The molecule has 0 saturated heterocycles. The molecule has 5 rings (SSSR count). The Kier molecular flexibility index (Phi) is 11.2. The second-order valence-corrected chi connectivity index (χ2v) is 14.1. The number of carbonyl (C=O) groups is 2. The minimum absolute atomic E-state index is 0.0566. The van der Waals surface area contributed by atoms with Gasteiger partial charge in [0.15, 0.2) is 0 Å². The SMILES string of the molecule is CCc1n[nH]c(C)c1-c1ccc(NC(=O)[C@@H](NC(=O)c2ccnn2CCS(C)=O)C(C2CCCCC2)C2CCCCC2)nc1F. The number of H-pyrrole nitrogens is 1. The lowest BCUT2D eigenvalue weighted by molar-refractivity contribution is -0.121. The fourth-order valence-corrected chi connectivity index (χ4v) is 7.86. The third-order valence-electron chi connectivity index (χ3n) is 9.61. The molecule has 2 saturated carbocycles. The Morgan fingerprint density at radius 3 is 2.33 bits per heavy atom. The molecule has 2 atom stereocenters. The summed E-state index contributed by atoms with van der Waals surface area (Å²) in [7, 11) is -1.04. The topological polar surface area (TPSA) is 135 Å². The van der Waals surface area contributed by atoms with Crippen molar-refractivity contribution in [1.29, 1.82) is 0 Å². The number of aromatic amines is 1. The van der Waals surface area contributed by atoms with Gasteiger partial charge in [0.2, 0.25) is 11.9 Å². The second kappa shape index (κ2) is 15.2. The van der Waals surface area contributed by atoms with E-state index in [-0.39, 0.29) is 11.7 Å². The molecule has 3 aromatic rings. The van der Waals surface area contributed by atoms with E-state index in [0.717, 1.165) is 62.8 Å². The smallest absolute Gasteiger partial charge is 0.270 e. The molecule has 3 N–H and O–H groups in total. The first-order chi connectivity index (χ1) is 21.8. The lowest BCUT2D eigenvalue weighted by Crippen LogP contribution is -2.53. The average molecular weight is 640 g/mol. The van der Waals surface area contributed by atoms with Crippen molar-refractivity contribution in [3.63, 3.8) is 0 Å². The largest absolute Gasteiger partial charge is 0.339 e. The fourth-order valence-electron chi connectivity index (χ4n) is 7.43. The number of nitrogens with one attached hydrogen (secondary N) is 3. The Morgan fingerprint density at radius 2 is 1.73 bits per heavy atom. The molecule has 3 heterocycles. The van der Waals surface area contributed by atoms with Crippen LogP contribution in [0.15, 0.2) is 24.4 Å². The van der Waals surface area contributed by atoms with Crippen LogP contribution in [0.2, 0.25) is 0 Å². The van der Waals surface area contributed by atoms with Crippen LogP contribution in [0.5, 0.6) is 0 Å². The number of aryl methyl sites for hydroxylation is 3. The first kappa shape index (κ1) is 33.0. The normalized spacial score (nSPS) is 17.7. The van der Waals surface area contributed by atoms with Crippen LogP contribution in [0.1, 0.15) is 93.0 Å². The number of halogens is 1. The van der Waals surface area contributed by atoms with Crippen LogP contribution < -0.4 is 10.6 Å². The van der Waals surface area contributed by atoms with Crippen molar-refractivity contribution in [3.05, 3.63) is 47.4 Å². The molecule has 2 aliphatic rings. The van der Waals surface area contributed by atoms with Crippen LogP contribution >= 0.6 is 0 Å². The van der Waals surface area contributed by atoms with E-state index in [9.17, 15) is 13.8 Å². The first-order valence-corrected chi connectivity index (χ1v) is 18.1. The monoisotopic (exact) mass is 639 g/mol. The van der Waals surface area contributed by atoms with E-state index in [0.29, 0.717) is 47.4 Å². The van der Waals surface area contributed by atoms with Crippen LogP contribution in [0, 0.1) is 30.6 Å². The molecule has 2 fully saturated rings. The van der Waals surface area contributed by atoms with Crippen molar-refractivity contribution in [3.8, 4) is 11.1 Å². The van der Waals surface area contributed by atoms with Crippen molar-refractivity contribution in [2.45, 2.75) is 97.1 Å². The quantitative estimate of drug-likeness (QED) is 0.222. The van der Waals surface area contributed by atoms with Crippen LogP contribution in [0.4, 0.5) is 10.2 Å². The highest BCUT2D eigenvalue weighted by Gasteiger charge is 2.41. The van der Waals surface area contributed by atoms with Gasteiger partial charge in [-0.25, -0.2) is 4.98 Å². The molecular weight excluding hydrogens is 593 g/mol. The summed E-state index contributed by atoms with van der Waals surface area (Å²) < 4.78 is 28.7. The van der Waals surface area contributed by atoms with Gasteiger partial charge < -0.3 is 10.6 Å². The molecular formula is C33H46FN7O3S. The summed E-state index contributed by atoms with van der Waals surface area (Å²) in [5.41, 5.74) is 2.83. The Bertz CT molecular complexity index is 1470. The van der Waals surface area contributed by atoms with E-state index >= 15 is 4.39 Å². The summed E-state index contributed by atoms with van der Waals surface area (Å²) >= 11 is 0. The summed E-state index contributed by atoms with van der Waals surface area (Å²) in [6.07, 6.45) is 14.7. The molecule has 2 amide bonds. The maximum absolute atomic E-state index is 15.5. The van der Waals surface area contributed by atoms with E-state index in [2.05, 4.69) is 30.9 Å². The minimum atomic E-state index is -1.04. The number of pyridine rings is 1. The van der Waals surface area contributed by atoms with Crippen LogP contribution in [-0.2, 0) is 28.6 Å². The molecule has 2 aliphatic carbocycles. The van der Waals surface area contributed by atoms with Gasteiger partial charge >= 0.3 is 0 Å². The fraction of sp³-hybridized carbons (Fsp3) is 0.606. The lowest BCUT2D eigenvalue weighted by Gasteiger charge is -2.41. The molecule has 0 aromatic carbocycles. The lowest BCUT2D eigenvalue weighted by atomic mass is 9.66. The van der Waals surface area contributed by atoms with Gasteiger partial charge in [0, 0.05) is 45.8 Å². The van der Waals surface area contributed by atoms with E-state index in [1.165, 1.54) is 12.8 Å². The van der Waals surface area contributed by atoms with Gasteiger partial charge in [-0.1, -0.05) is 71.1 Å². The van der Waals surface area contributed by atoms with Crippen LogP contribution in [0.25, 0.3) is 11.1 Å². The van der Waals surface area contributed by atoms with Gasteiger partial charge in [-0.05, 0) is 49.3 Å². The van der Waals surface area contributed by atoms with Gasteiger partial charge in [-0.15, -0.1) is 0 Å². The molecule has 0 bridgehead atoms. The zero-order chi connectivity index (χ0) is 31.9. The third kappa shape index (κ3) is 7.88. The van der Waals surface area contributed by atoms with Crippen molar-refractivity contribution in [1.82, 2.24) is 30.3 Å². The Labute approximate surface area is 267 Å². The third-order valence-corrected chi connectivity index (χ3v) is 10.4. The molecule has 45 heavy (non-hydrogen) atoms. The Hall–Kier alpha value is -3.41. The highest BCUT2D eigenvalue weighted by atomic mass is 32.2. The number of amides is 2. The number of rotatable bonds is 12. The van der Waals surface area contributed by atoms with Crippen molar-refractivity contribution in [2.75, 3.05) is 17.3 Å². The number of nitrogens with zero attached hydrogens (tertiary/aromatic N) is 4. The van der Waals surface area contributed by atoms with Crippen LogP contribution in [-0.4, -0.2) is 59.0 Å². The highest BCUT2D eigenvalue weighted by molar-refractivity contribution is 7.84. The second-order valence-electron chi connectivity index (χ2n) is 12.6. The summed E-state index contributed by atoms with van der Waals surface area (Å²) in [6, 6.07) is 4.02. The van der Waals surface area contributed by atoms with Gasteiger partial charge in [-0.2, -0.15) is 14.6 Å². The molecule has 244 valence electrons. The number of hydrogen-bond acceptors (Lipinski definition) is 6. The van der Waals surface area contributed by atoms with E-state index in [1.54, 1.807) is 35.3 Å². The summed E-state index contributed by atoms with van der Waals surface area (Å²) in [6.45, 7) is 4.13. The zero-order valence-corrected chi connectivity index (χ0v) is 27.4. The van der Waals surface area contributed by atoms with Gasteiger partial charge in [0.1, 0.15) is 17.6 Å². The summed E-state index contributed by atoms with van der Waals surface area (Å²) in [5, 5.41) is 17.5. The molecule has 0 aliphatic heterocycles. The number of carbonyl (C=O) groups excluding carboxylic acids is 2. The minimum Gasteiger partial charge on any atom is -0.339 e. The first-order valence-electron chi connectivity index (χ1n) is 16.4. The Morgan fingerprint density at radius 1 is 1.07 bits per heavy atom. The number of hydrogen-bond donors (Lipinski definition) is 3. The van der Waals surface area contributed by atoms with Crippen molar-refractivity contribution in [2.24, 2.45) is 17.8 Å². The van der Waals surface area contributed by atoms with Gasteiger partial charge in [-0.3, -0.25) is 23.6 Å². The summed E-state index contributed by atoms with van der Waals surface area (Å²) in [5.74, 6) is -0.477. The van der Waals surface area contributed by atoms with E-state index in [1.807, 2.05) is 13.8 Å². The van der Waals surface area contributed by atoms with Gasteiger partial charge in [0.05, 0.1) is 12.2 Å². The van der Waals surface area contributed by atoms with Crippen molar-refractivity contribution >= 4 is 28.4 Å². The predicted octanol–water partition coefficient (Wildman–Crippen LogP) is 5.57. The number of anilines is 1. The maximum Gasteiger partial charge on any atom is 0.270 e. The molecule has 3 aromatic heterocycles. The van der Waals surface area contributed by atoms with Crippen LogP contribution in [0.3, 0.4) is 0 Å². The standard InChI is InChI=1S/C33H46FN7O3S/c1-4-25-28(21(2)39-40-25)24-15-16-27(36-31(24)34)37-33(43)30(38-32(42)26-17-18-35-41(26)19-20-45(3)44)29(22-11-7-5-8-12-22)23-13-9-6-10-14-23/h15-18,22-23,29-30H,4-14,19-20H2,1-3H3,(H,38,42)(H,39,40)(H,36,37,43)/t30-,45?/m0/s1. The average Bonchev–Trinajstić information content (AvgIpc) is 3.67. The molecule has 12 heteroatoms. The number of aromatic nitrogens is 5. The highest BCUT2D eigenvalue weighted by Crippen LogP contribution is 2.42. The van der Waals surface area contributed by atoms with Crippen molar-refractivity contribution < 1.29 is 18.2 Å². The van der Waals surface area contributed by atoms with E-state index in [4.69, 9.17) is 0 Å². The molecule has 10 nitrogen and oxygen atoms in total.